The molecule has 0 atom stereocenters. The molecule has 0 radical (unpaired) electrons. The van der Waals surface area contributed by atoms with Gasteiger partial charge in [0, 0.05) is 25.5 Å². The Morgan fingerprint density at radius 3 is 2.41 bits per heavy atom. The van der Waals surface area contributed by atoms with Gasteiger partial charge in [-0.25, -0.2) is 4.79 Å². The number of hydrogen-bond donors (Lipinski definition) is 1. The number of nitrogens with two attached hydrogens (primary N) is 1. The Morgan fingerprint density at radius 1 is 1.24 bits per heavy atom. The van der Waals surface area contributed by atoms with Crippen LogP contribution in [0.3, 0.4) is 0 Å². The smallest absolute Gasteiger partial charge is 0.328 e. The molecule has 1 rings (SSSR count). The molecule has 0 bridgehead atoms. The maximum atomic E-state index is 11.8. The van der Waals surface area contributed by atoms with Crippen LogP contribution in [0.25, 0.3) is 0 Å². The molecule has 0 amide bonds. The van der Waals surface area contributed by atoms with Crippen LogP contribution in [-0.4, -0.2) is 15.7 Å². The van der Waals surface area contributed by atoms with E-state index >= 15 is 0 Å². The van der Waals surface area contributed by atoms with Crippen LogP contribution in [0.1, 0.15) is 40.0 Å². The fraction of sp³-hybridized carbons (Fsp3) is 0.769. The van der Waals surface area contributed by atoms with Gasteiger partial charge in [0.15, 0.2) is 0 Å². The molecule has 0 spiro atoms. The molecule has 2 N–H and O–H groups in total. The first-order valence-corrected chi connectivity index (χ1v) is 6.46. The molecule has 0 aliphatic rings. The first-order valence-electron chi connectivity index (χ1n) is 6.46. The molecule has 0 fully saturated rings. The highest BCUT2D eigenvalue weighted by Gasteiger charge is 2.14. The molecule has 0 aromatic carbocycles. The number of nitrogens with zero attached hydrogens (tertiary/aromatic N) is 2. The number of hydrogen-bond acceptors (Lipinski definition) is 2. The molecule has 4 nitrogen and oxygen atoms in total. The van der Waals surface area contributed by atoms with Gasteiger partial charge in [-0.05, 0) is 31.7 Å². The van der Waals surface area contributed by atoms with Gasteiger partial charge in [0.25, 0.3) is 0 Å². The minimum atomic E-state index is 0.102. The number of imidazole rings is 1. The van der Waals surface area contributed by atoms with E-state index in [1.54, 1.807) is 9.13 Å². The van der Waals surface area contributed by atoms with Crippen LogP contribution in [0, 0.1) is 5.41 Å². The minimum absolute atomic E-state index is 0.102. The van der Waals surface area contributed by atoms with E-state index in [1.807, 2.05) is 19.3 Å². The Balaban J connectivity index is 2.36. The summed E-state index contributed by atoms with van der Waals surface area (Å²) in [7, 11) is 0. The third-order valence-electron chi connectivity index (χ3n) is 3.31. The molecular weight excluding hydrogens is 214 g/mol. The molecule has 98 valence electrons. The second kappa shape index (κ2) is 6.05. The van der Waals surface area contributed by atoms with Crippen molar-refractivity contribution >= 4 is 0 Å². The summed E-state index contributed by atoms with van der Waals surface area (Å²) in [5.41, 5.74) is 6.01. The molecular formula is C13H25N3O. The van der Waals surface area contributed by atoms with E-state index in [0.29, 0.717) is 0 Å². The molecule has 0 aliphatic heterocycles. The monoisotopic (exact) mass is 239 g/mol. The van der Waals surface area contributed by atoms with Crippen molar-refractivity contribution in [3.63, 3.8) is 0 Å². The van der Waals surface area contributed by atoms with Gasteiger partial charge in [-0.3, -0.25) is 9.13 Å². The Morgan fingerprint density at radius 2 is 1.88 bits per heavy atom. The van der Waals surface area contributed by atoms with E-state index in [4.69, 9.17) is 5.73 Å². The molecule has 1 heterocycles. The predicted molar refractivity (Wildman–Crippen MR) is 71.1 cm³/mol. The summed E-state index contributed by atoms with van der Waals surface area (Å²) in [4.78, 5) is 11.8. The second-order valence-electron chi connectivity index (χ2n) is 5.39. The van der Waals surface area contributed by atoms with Gasteiger partial charge in [-0.15, -0.1) is 0 Å². The van der Waals surface area contributed by atoms with E-state index in [9.17, 15) is 4.79 Å². The van der Waals surface area contributed by atoms with Crippen molar-refractivity contribution in [2.75, 3.05) is 6.54 Å². The van der Waals surface area contributed by atoms with Crippen LogP contribution < -0.4 is 11.4 Å². The average Bonchev–Trinajstić information content (AvgIpc) is 2.66. The summed E-state index contributed by atoms with van der Waals surface area (Å²) < 4.78 is 3.52. The summed E-state index contributed by atoms with van der Waals surface area (Å²) in [6, 6.07) is 0. The Kier molecular flexibility index (Phi) is 5.00. The highest BCUT2D eigenvalue weighted by Crippen LogP contribution is 2.21. The lowest BCUT2D eigenvalue weighted by atomic mass is 9.87. The summed E-state index contributed by atoms with van der Waals surface area (Å²) in [6.07, 6.45) is 7.00. The van der Waals surface area contributed by atoms with Crippen LogP contribution in [0.15, 0.2) is 17.2 Å². The van der Waals surface area contributed by atoms with E-state index < -0.39 is 0 Å². The van der Waals surface area contributed by atoms with Crippen LogP contribution in [0.5, 0.6) is 0 Å². The normalized spacial score (nSPS) is 12.0. The lowest BCUT2D eigenvalue weighted by molar-refractivity contribution is 0.328. The predicted octanol–water partition coefficient (Wildman–Crippen LogP) is 1.82. The lowest BCUT2D eigenvalue weighted by Gasteiger charge is -2.21. The van der Waals surface area contributed by atoms with Gasteiger partial charge in [0.2, 0.25) is 0 Å². The minimum Gasteiger partial charge on any atom is -0.330 e. The molecule has 4 heteroatoms. The van der Waals surface area contributed by atoms with E-state index in [2.05, 4.69) is 13.8 Å². The summed E-state index contributed by atoms with van der Waals surface area (Å²) in [6.45, 7) is 8.63. The molecule has 0 unspecified atom stereocenters. The third kappa shape index (κ3) is 4.04. The number of rotatable bonds is 7. The van der Waals surface area contributed by atoms with Crippen LogP contribution in [-0.2, 0) is 13.1 Å². The van der Waals surface area contributed by atoms with Crippen molar-refractivity contribution in [3.05, 3.63) is 22.9 Å². The maximum Gasteiger partial charge on any atom is 0.328 e. The van der Waals surface area contributed by atoms with Crippen molar-refractivity contribution in [2.45, 2.75) is 53.1 Å². The van der Waals surface area contributed by atoms with Crippen molar-refractivity contribution < 1.29 is 0 Å². The molecule has 1 aromatic rings. The Bertz CT molecular complexity index is 390. The molecule has 0 saturated carbocycles. The molecule has 0 aliphatic carbocycles. The topological polar surface area (TPSA) is 52.9 Å². The fourth-order valence-corrected chi connectivity index (χ4v) is 1.85. The molecule has 17 heavy (non-hydrogen) atoms. The van der Waals surface area contributed by atoms with Crippen molar-refractivity contribution in [2.24, 2.45) is 11.1 Å². The summed E-state index contributed by atoms with van der Waals surface area (Å²) in [5, 5.41) is 0. The summed E-state index contributed by atoms with van der Waals surface area (Å²) >= 11 is 0. The average molecular weight is 239 g/mol. The van der Waals surface area contributed by atoms with Gasteiger partial charge in [-0.2, -0.15) is 0 Å². The van der Waals surface area contributed by atoms with E-state index in [1.165, 1.54) is 0 Å². The van der Waals surface area contributed by atoms with E-state index in [-0.39, 0.29) is 11.1 Å². The Labute approximate surface area is 103 Å². The van der Waals surface area contributed by atoms with Crippen molar-refractivity contribution in [1.29, 1.82) is 0 Å². The van der Waals surface area contributed by atoms with Gasteiger partial charge < -0.3 is 5.73 Å². The Hall–Kier alpha value is -1.03. The van der Waals surface area contributed by atoms with Gasteiger partial charge in [0.1, 0.15) is 0 Å². The largest absolute Gasteiger partial charge is 0.330 e. The zero-order valence-corrected chi connectivity index (χ0v) is 11.3. The van der Waals surface area contributed by atoms with Crippen LogP contribution in [0.4, 0.5) is 0 Å². The van der Waals surface area contributed by atoms with Gasteiger partial charge >= 0.3 is 5.69 Å². The third-order valence-corrected chi connectivity index (χ3v) is 3.31. The SMILES string of the molecule is CCn1ccn(CCCCC(C)(C)CN)c1=O. The standard InChI is InChI=1S/C13H25N3O/c1-4-15-9-10-16(12(15)17)8-6-5-7-13(2,3)11-14/h9-10H,4-8,11,14H2,1-3H3. The number of aryl methyl sites for hydroxylation is 2. The zero-order valence-electron chi connectivity index (χ0n) is 11.3. The number of aromatic nitrogens is 2. The quantitative estimate of drug-likeness (QED) is 0.738. The zero-order chi connectivity index (χ0) is 12.9. The van der Waals surface area contributed by atoms with Gasteiger partial charge in [-0.1, -0.05) is 20.3 Å². The van der Waals surface area contributed by atoms with Crippen molar-refractivity contribution in [3.8, 4) is 0 Å². The summed E-state index contributed by atoms with van der Waals surface area (Å²) in [5.74, 6) is 0. The first-order chi connectivity index (χ1) is 8.00. The second-order valence-corrected chi connectivity index (χ2v) is 5.39. The van der Waals surface area contributed by atoms with E-state index in [0.717, 1.165) is 38.9 Å². The fourth-order valence-electron chi connectivity index (χ4n) is 1.85. The maximum absolute atomic E-state index is 11.8. The lowest BCUT2D eigenvalue weighted by Crippen LogP contribution is -2.25. The molecule has 1 aromatic heterocycles. The molecule has 0 saturated heterocycles. The first kappa shape index (κ1) is 14.0. The highest BCUT2D eigenvalue weighted by atomic mass is 16.1. The van der Waals surface area contributed by atoms with Crippen molar-refractivity contribution in [1.82, 2.24) is 9.13 Å². The highest BCUT2D eigenvalue weighted by molar-refractivity contribution is 4.81. The van der Waals surface area contributed by atoms with Crippen LogP contribution in [0.2, 0.25) is 0 Å². The van der Waals surface area contributed by atoms with Gasteiger partial charge in [0.05, 0.1) is 0 Å². The number of unbranched alkanes of at least 4 members (excludes halogenated alkanes) is 1. The van der Waals surface area contributed by atoms with Crippen LogP contribution >= 0.6 is 0 Å².